The van der Waals surface area contributed by atoms with E-state index in [9.17, 15) is 9.59 Å². The zero-order chi connectivity index (χ0) is 12.3. The van der Waals surface area contributed by atoms with Gasteiger partial charge in [-0.2, -0.15) is 11.8 Å². The fourth-order valence-corrected chi connectivity index (χ4v) is 2.64. The lowest BCUT2D eigenvalue weighted by atomic mass is 10.2. The Morgan fingerprint density at radius 3 is 2.62 bits per heavy atom. The van der Waals surface area contributed by atoms with E-state index < -0.39 is 12.0 Å². The molecule has 0 aliphatic carbocycles. The largest absolute Gasteiger partial charge is 0.480 e. The number of thioether (sulfide) groups is 1. The van der Waals surface area contributed by atoms with Gasteiger partial charge < -0.3 is 15.3 Å². The molecule has 2 amide bonds. The molecule has 0 saturated carbocycles. The standard InChI is InChI=1S/C10H18N2O3S/c1-7(8(13)14)11-9(15)12-4-5-16-10(2,3)6-12/h7H,4-6H2,1-3H3,(H,11,15)(H,13,14)/t7-/m1/s1. The van der Waals surface area contributed by atoms with Crippen LogP contribution < -0.4 is 5.32 Å². The molecule has 1 atom stereocenters. The summed E-state index contributed by atoms with van der Waals surface area (Å²) in [7, 11) is 0. The van der Waals surface area contributed by atoms with Crippen molar-refractivity contribution in [2.45, 2.75) is 31.6 Å². The van der Waals surface area contributed by atoms with E-state index >= 15 is 0 Å². The first-order valence-corrected chi connectivity index (χ1v) is 6.22. The number of hydrogen-bond donors (Lipinski definition) is 2. The van der Waals surface area contributed by atoms with Crippen LogP contribution >= 0.6 is 11.8 Å². The molecule has 1 rings (SSSR count). The summed E-state index contributed by atoms with van der Waals surface area (Å²) in [5, 5.41) is 11.2. The molecule has 0 radical (unpaired) electrons. The Bertz CT molecular complexity index is 294. The quantitative estimate of drug-likeness (QED) is 0.762. The third kappa shape index (κ3) is 3.59. The maximum absolute atomic E-state index is 11.7. The first kappa shape index (κ1) is 13.2. The van der Waals surface area contributed by atoms with Gasteiger partial charge in [-0.15, -0.1) is 0 Å². The molecule has 0 aromatic carbocycles. The van der Waals surface area contributed by atoms with E-state index in [0.29, 0.717) is 13.1 Å². The number of carboxylic acids is 1. The summed E-state index contributed by atoms with van der Waals surface area (Å²) >= 11 is 1.83. The number of nitrogens with zero attached hydrogens (tertiary/aromatic N) is 1. The van der Waals surface area contributed by atoms with Gasteiger partial charge in [0.05, 0.1) is 0 Å². The summed E-state index contributed by atoms with van der Waals surface area (Å²) in [5.74, 6) is -0.124. The number of hydrogen-bond acceptors (Lipinski definition) is 3. The maximum atomic E-state index is 11.7. The molecule has 1 saturated heterocycles. The molecule has 1 aliphatic rings. The van der Waals surface area contributed by atoms with E-state index in [4.69, 9.17) is 5.11 Å². The number of carboxylic acid groups (broad SMARTS) is 1. The summed E-state index contributed by atoms with van der Waals surface area (Å²) in [6.45, 7) is 6.95. The minimum absolute atomic E-state index is 0.0437. The highest BCUT2D eigenvalue weighted by molar-refractivity contribution is 8.00. The van der Waals surface area contributed by atoms with Crippen LogP contribution in [-0.2, 0) is 4.79 Å². The van der Waals surface area contributed by atoms with Gasteiger partial charge in [-0.3, -0.25) is 4.79 Å². The van der Waals surface area contributed by atoms with Gasteiger partial charge >= 0.3 is 12.0 Å². The predicted octanol–water partition coefficient (Wildman–Crippen LogP) is 0.997. The molecule has 1 aliphatic heterocycles. The SMILES string of the molecule is C[C@@H](NC(=O)N1CCSC(C)(C)C1)C(=O)O. The highest BCUT2D eigenvalue weighted by atomic mass is 32.2. The average Bonchev–Trinajstić information content (AvgIpc) is 2.15. The van der Waals surface area contributed by atoms with Gasteiger partial charge in [0.2, 0.25) is 0 Å². The highest BCUT2D eigenvalue weighted by Crippen LogP contribution is 2.29. The molecule has 0 spiro atoms. The molecule has 0 aromatic rings. The van der Waals surface area contributed by atoms with Gasteiger partial charge in [0.25, 0.3) is 0 Å². The molecule has 0 aromatic heterocycles. The van der Waals surface area contributed by atoms with Gasteiger partial charge in [0, 0.05) is 23.6 Å². The fraction of sp³-hybridized carbons (Fsp3) is 0.800. The molecule has 2 N–H and O–H groups in total. The smallest absolute Gasteiger partial charge is 0.325 e. The summed E-state index contributed by atoms with van der Waals surface area (Å²) in [6.07, 6.45) is 0. The first-order chi connectivity index (χ1) is 7.32. The van der Waals surface area contributed by atoms with E-state index in [1.807, 2.05) is 11.8 Å². The van der Waals surface area contributed by atoms with Crippen LogP contribution in [0.5, 0.6) is 0 Å². The molecule has 1 fully saturated rings. The second-order valence-electron chi connectivity index (χ2n) is 4.54. The Balaban J connectivity index is 2.51. The minimum atomic E-state index is -1.01. The Morgan fingerprint density at radius 1 is 1.50 bits per heavy atom. The summed E-state index contributed by atoms with van der Waals surface area (Å²) in [6, 6.07) is -1.13. The molecule has 0 bridgehead atoms. The zero-order valence-corrected chi connectivity index (χ0v) is 10.6. The number of urea groups is 1. The van der Waals surface area contributed by atoms with Gasteiger partial charge in [0.15, 0.2) is 0 Å². The average molecular weight is 246 g/mol. The summed E-state index contributed by atoms with van der Waals surface area (Å²) in [4.78, 5) is 24.0. The van der Waals surface area contributed by atoms with Gasteiger partial charge in [-0.1, -0.05) is 0 Å². The van der Waals surface area contributed by atoms with E-state index in [1.165, 1.54) is 6.92 Å². The van der Waals surface area contributed by atoms with Crippen LogP contribution in [0, 0.1) is 0 Å². The lowest BCUT2D eigenvalue weighted by Gasteiger charge is -2.37. The Labute approximate surface area is 99.6 Å². The Morgan fingerprint density at radius 2 is 2.12 bits per heavy atom. The highest BCUT2D eigenvalue weighted by Gasteiger charge is 2.30. The molecule has 5 nitrogen and oxygen atoms in total. The molecular weight excluding hydrogens is 228 g/mol. The number of carbonyl (C=O) groups is 2. The van der Waals surface area contributed by atoms with E-state index in [0.717, 1.165) is 5.75 Å². The lowest BCUT2D eigenvalue weighted by Crippen LogP contribution is -2.53. The van der Waals surface area contributed by atoms with Crippen molar-refractivity contribution >= 4 is 23.8 Å². The lowest BCUT2D eigenvalue weighted by molar-refractivity contribution is -0.138. The second kappa shape index (κ2) is 4.95. The van der Waals surface area contributed by atoms with Gasteiger partial charge in [0.1, 0.15) is 6.04 Å². The number of aliphatic carboxylic acids is 1. The normalized spacial score (nSPS) is 21.3. The number of amides is 2. The van der Waals surface area contributed by atoms with Crippen molar-refractivity contribution in [1.82, 2.24) is 10.2 Å². The molecule has 0 unspecified atom stereocenters. The van der Waals surface area contributed by atoms with Crippen LogP contribution in [0.2, 0.25) is 0 Å². The van der Waals surface area contributed by atoms with Crippen LogP contribution in [0.3, 0.4) is 0 Å². The molecule has 1 heterocycles. The summed E-state index contributed by atoms with van der Waals surface area (Å²) in [5.41, 5.74) is 0. The predicted molar refractivity (Wildman–Crippen MR) is 63.7 cm³/mol. The van der Waals surface area contributed by atoms with Crippen molar-refractivity contribution in [2.75, 3.05) is 18.8 Å². The minimum Gasteiger partial charge on any atom is -0.480 e. The van der Waals surface area contributed by atoms with E-state index in [2.05, 4.69) is 19.2 Å². The van der Waals surface area contributed by atoms with Crippen molar-refractivity contribution in [3.63, 3.8) is 0 Å². The third-order valence-electron chi connectivity index (χ3n) is 2.42. The number of carbonyl (C=O) groups excluding carboxylic acids is 1. The van der Waals surface area contributed by atoms with Crippen LogP contribution in [0.4, 0.5) is 4.79 Å². The van der Waals surface area contributed by atoms with Crippen molar-refractivity contribution in [2.24, 2.45) is 0 Å². The molecule has 6 heteroatoms. The van der Waals surface area contributed by atoms with Crippen molar-refractivity contribution in [1.29, 1.82) is 0 Å². The topological polar surface area (TPSA) is 69.6 Å². The fourth-order valence-electron chi connectivity index (χ4n) is 1.53. The van der Waals surface area contributed by atoms with Crippen LogP contribution in [0.15, 0.2) is 0 Å². The Hall–Kier alpha value is -0.910. The van der Waals surface area contributed by atoms with Crippen molar-refractivity contribution in [3.8, 4) is 0 Å². The van der Waals surface area contributed by atoms with Crippen molar-refractivity contribution < 1.29 is 14.7 Å². The van der Waals surface area contributed by atoms with Crippen molar-refractivity contribution in [3.05, 3.63) is 0 Å². The maximum Gasteiger partial charge on any atom is 0.325 e. The molecule has 16 heavy (non-hydrogen) atoms. The Kier molecular flexibility index (Phi) is 4.07. The van der Waals surface area contributed by atoms with Crippen LogP contribution in [-0.4, -0.2) is 51.6 Å². The third-order valence-corrected chi connectivity index (χ3v) is 3.72. The van der Waals surface area contributed by atoms with Gasteiger partial charge in [-0.25, -0.2) is 4.79 Å². The van der Waals surface area contributed by atoms with E-state index in [-0.39, 0.29) is 10.8 Å². The van der Waals surface area contributed by atoms with Gasteiger partial charge in [-0.05, 0) is 20.8 Å². The number of nitrogens with one attached hydrogen (secondary N) is 1. The molecular formula is C10H18N2O3S. The zero-order valence-electron chi connectivity index (χ0n) is 9.82. The molecule has 92 valence electrons. The van der Waals surface area contributed by atoms with E-state index in [1.54, 1.807) is 4.90 Å². The second-order valence-corrected chi connectivity index (χ2v) is 6.34. The first-order valence-electron chi connectivity index (χ1n) is 5.24. The summed E-state index contributed by atoms with van der Waals surface area (Å²) < 4.78 is 0.0437. The van der Waals surface area contributed by atoms with Crippen LogP contribution in [0.25, 0.3) is 0 Å². The monoisotopic (exact) mass is 246 g/mol. The van der Waals surface area contributed by atoms with Crippen LogP contribution in [0.1, 0.15) is 20.8 Å². The number of rotatable bonds is 2.